The maximum Gasteiger partial charge on any atom is 0.161 e. The number of nitrogens with zero attached hydrogens (tertiary/aromatic N) is 1. The minimum Gasteiger partial charge on any atom is -0.454 e. The van der Waals surface area contributed by atoms with E-state index in [1.807, 2.05) is 17.4 Å². The summed E-state index contributed by atoms with van der Waals surface area (Å²) in [5.74, 6) is 0. The Balaban J connectivity index is 1.82. The first kappa shape index (κ1) is 15.7. The molecule has 32 heavy (non-hydrogen) atoms. The minimum atomic E-state index is 0.935. The fourth-order valence-corrected chi connectivity index (χ4v) is 7.05. The zero-order valence-electron chi connectivity index (χ0n) is 16.8. The summed E-state index contributed by atoms with van der Waals surface area (Å²) in [4.78, 5) is 3.67. The van der Waals surface area contributed by atoms with E-state index in [-0.39, 0.29) is 0 Å². The number of benzene rings is 4. The molecule has 0 amide bonds. The Morgan fingerprint density at radius 2 is 1.44 bits per heavy atom. The summed E-state index contributed by atoms with van der Waals surface area (Å²) in [7, 11) is 0. The van der Waals surface area contributed by atoms with E-state index >= 15 is 0 Å². The van der Waals surface area contributed by atoms with Gasteiger partial charge in [0.05, 0.1) is 15.7 Å². The number of aromatic amines is 1. The SMILES string of the molecule is c1ccc2c(c1)oc1c3ccc4[nH]c5cccc6c7sc8ccccc8c7n(c21)c3c4c56. The summed E-state index contributed by atoms with van der Waals surface area (Å²) >= 11 is 1.88. The molecule has 9 rings (SSSR count). The van der Waals surface area contributed by atoms with Crippen molar-refractivity contribution >= 4 is 91.8 Å². The van der Waals surface area contributed by atoms with Gasteiger partial charge in [-0.05, 0) is 36.4 Å². The van der Waals surface area contributed by atoms with E-state index in [9.17, 15) is 0 Å². The van der Waals surface area contributed by atoms with Crippen molar-refractivity contribution in [1.82, 2.24) is 9.38 Å². The Bertz CT molecular complexity index is 2200. The van der Waals surface area contributed by atoms with Crippen molar-refractivity contribution in [3.8, 4) is 0 Å². The van der Waals surface area contributed by atoms with Crippen LogP contribution in [-0.4, -0.2) is 9.38 Å². The Morgan fingerprint density at radius 1 is 0.625 bits per heavy atom. The molecule has 0 fully saturated rings. The zero-order valence-corrected chi connectivity index (χ0v) is 17.6. The number of fused-ring (bicyclic) bond motifs is 10. The van der Waals surface area contributed by atoms with Crippen LogP contribution in [0.5, 0.6) is 0 Å². The van der Waals surface area contributed by atoms with Crippen molar-refractivity contribution in [1.29, 1.82) is 0 Å². The third-order valence-corrected chi connectivity index (χ3v) is 8.25. The molecule has 0 saturated carbocycles. The van der Waals surface area contributed by atoms with Crippen LogP contribution in [0, 0.1) is 0 Å². The molecule has 0 aliphatic heterocycles. The van der Waals surface area contributed by atoms with Gasteiger partial charge in [0.25, 0.3) is 0 Å². The fourth-order valence-electron chi connectivity index (χ4n) is 5.83. The molecule has 0 aliphatic rings. The lowest BCUT2D eigenvalue weighted by Crippen LogP contribution is -1.84. The van der Waals surface area contributed by atoms with Gasteiger partial charge in [0.15, 0.2) is 5.58 Å². The Labute approximate surface area is 184 Å². The predicted octanol–water partition coefficient (Wildman–Crippen LogP) is 8.43. The first-order valence-corrected chi connectivity index (χ1v) is 11.6. The monoisotopic (exact) mass is 426 g/mol. The van der Waals surface area contributed by atoms with Gasteiger partial charge in [0.1, 0.15) is 11.1 Å². The summed E-state index contributed by atoms with van der Waals surface area (Å²) in [6.45, 7) is 0. The van der Waals surface area contributed by atoms with Crippen molar-refractivity contribution in [2.45, 2.75) is 0 Å². The lowest BCUT2D eigenvalue weighted by molar-refractivity contribution is 0.673. The van der Waals surface area contributed by atoms with Crippen LogP contribution in [0.1, 0.15) is 0 Å². The summed E-state index contributed by atoms with van der Waals surface area (Å²) in [6, 6.07) is 28.2. The van der Waals surface area contributed by atoms with E-state index in [2.05, 4.69) is 82.2 Å². The van der Waals surface area contributed by atoms with Gasteiger partial charge in [0.2, 0.25) is 0 Å². The van der Waals surface area contributed by atoms with E-state index in [1.165, 1.54) is 58.4 Å². The standard InChI is InChI=1S/C28H14N2OS/c1-3-10-20-14(6-1)25-27(31-20)17-12-13-19-23-22-16(8-5-9-18(22)29-19)28-26(30(25)24(17)23)15-7-2-4-11-21(15)32-28/h1-13,29H. The number of thiophene rings is 1. The largest absolute Gasteiger partial charge is 0.454 e. The maximum atomic E-state index is 6.48. The van der Waals surface area contributed by atoms with Crippen LogP contribution in [-0.2, 0) is 0 Å². The van der Waals surface area contributed by atoms with Crippen LogP contribution in [0.4, 0.5) is 0 Å². The third kappa shape index (κ3) is 1.59. The number of nitrogens with one attached hydrogen (secondary N) is 1. The Hall–Kier alpha value is -4.02. The average Bonchev–Trinajstić information content (AvgIpc) is 3.54. The molecule has 4 heteroatoms. The number of rotatable bonds is 0. The molecule has 0 spiro atoms. The third-order valence-electron chi connectivity index (χ3n) is 7.06. The number of para-hydroxylation sites is 1. The Morgan fingerprint density at radius 3 is 2.41 bits per heavy atom. The van der Waals surface area contributed by atoms with Gasteiger partial charge in [-0.2, -0.15) is 0 Å². The second-order valence-electron chi connectivity index (χ2n) is 8.62. The molecule has 0 bridgehead atoms. The van der Waals surface area contributed by atoms with Gasteiger partial charge < -0.3 is 13.8 Å². The number of hydrogen-bond donors (Lipinski definition) is 1. The Kier molecular flexibility index (Phi) is 2.49. The quantitative estimate of drug-likeness (QED) is 0.259. The lowest BCUT2D eigenvalue weighted by atomic mass is 10.1. The van der Waals surface area contributed by atoms with Crippen LogP contribution in [0.25, 0.3) is 80.5 Å². The van der Waals surface area contributed by atoms with Gasteiger partial charge in [-0.15, -0.1) is 11.3 Å². The van der Waals surface area contributed by atoms with E-state index in [1.54, 1.807) is 0 Å². The summed E-state index contributed by atoms with van der Waals surface area (Å²) in [6.07, 6.45) is 0. The molecular formula is C28H14N2OS. The van der Waals surface area contributed by atoms with Crippen LogP contribution < -0.4 is 0 Å². The highest BCUT2D eigenvalue weighted by atomic mass is 32.1. The summed E-state index contributed by atoms with van der Waals surface area (Å²) in [5.41, 5.74) is 7.93. The summed E-state index contributed by atoms with van der Waals surface area (Å²) in [5, 5.41) is 7.52. The molecule has 148 valence electrons. The molecule has 1 N–H and O–H groups in total. The lowest BCUT2D eigenvalue weighted by Gasteiger charge is -2.00. The molecule has 0 aliphatic carbocycles. The fraction of sp³-hybridized carbons (Fsp3) is 0. The van der Waals surface area contributed by atoms with Crippen molar-refractivity contribution < 1.29 is 4.42 Å². The highest BCUT2D eigenvalue weighted by Crippen LogP contribution is 2.48. The normalized spacial score (nSPS) is 13.0. The number of H-pyrrole nitrogens is 1. The van der Waals surface area contributed by atoms with Crippen LogP contribution >= 0.6 is 11.3 Å². The summed E-state index contributed by atoms with van der Waals surface area (Å²) < 4.78 is 11.6. The van der Waals surface area contributed by atoms with Gasteiger partial charge >= 0.3 is 0 Å². The highest BCUT2D eigenvalue weighted by molar-refractivity contribution is 7.26. The predicted molar refractivity (Wildman–Crippen MR) is 136 cm³/mol. The molecule has 0 radical (unpaired) electrons. The van der Waals surface area contributed by atoms with E-state index in [0.717, 1.165) is 22.1 Å². The van der Waals surface area contributed by atoms with Crippen molar-refractivity contribution in [2.24, 2.45) is 0 Å². The maximum absolute atomic E-state index is 6.48. The van der Waals surface area contributed by atoms with Gasteiger partial charge in [-0.3, -0.25) is 0 Å². The molecular weight excluding hydrogens is 412 g/mol. The minimum absolute atomic E-state index is 0.935. The van der Waals surface area contributed by atoms with E-state index < -0.39 is 0 Å². The smallest absolute Gasteiger partial charge is 0.161 e. The molecule has 4 aromatic carbocycles. The number of aromatic nitrogens is 2. The van der Waals surface area contributed by atoms with E-state index in [4.69, 9.17) is 4.42 Å². The molecule has 5 aromatic heterocycles. The first-order chi connectivity index (χ1) is 15.9. The molecule has 0 saturated heterocycles. The first-order valence-electron chi connectivity index (χ1n) is 10.8. The van der Waals surface area contributed by atoms with Crippen LogP contribution in [0.2, 0.25) is 0 Å². The molecule has 0 atom stereocenters. The number of furan rings is 1. The molecule has 3 nitrogen and oxygen atoms in total. The second kappa shape index (κ2) is 5.06. The average molecular weight is 427 g/mol. The van der Waals surface area contributed by atoms with Crippen LogP contribution in [0.15, 0.2) is 83.3 Å². The van der Waals surface area contributed by atoms with Gasteiger partial charge in [-0.25, -0.2) is 0 Å². The van der Waals surface area contributed by atoms with Gasteiger partial charge in [-0.1, -0.05) is 42.5 Å². The topological polar surface area (TPSA) is 33.3 Å². The highest BCUT2D eigenvalue weighted by Gasteiger charge is 2.24. The van der Waals surface area contributed by atoms with Gasteiger partial charge in [0, 0.05) is 48.1 Å². The number of hydrogen-bond acceptors (Lipinski definition) is 2. The molecule has 9 aromatic rings. The molecule has 0 unspecified atom stereocenters. The zero-order chi connectivity index (χ0) is 20.6. The van der Waals surface area contributed by atoms with Crippen molar-refractivity contribution in [3.05, 3.63) is 78.9 Å². The second-order valence-corrected chi connectivity index (χ2v) is 9.68. The van der Waals surface area contributed by atoms with Crippen molar-refractivity contribution in [2.75, 3.05) is 0 Å². The van der Waals surface area contributed by atoms with Crippen LogP contribution in [0.3, 0.4) is 0 Å². The van der Waals surface area contributed by atoms with Crippen molar-refractivity contribution in [3.63, 3.8) is 0 Å². The molecule has 5 heterocycles. The van der Waals surface area contributed by atoms with E-state index in [0.29, 0.717) is 0 Å².